The maximum Gasteiger partial charge on any atom is 0.243 e. The lowest BCUT2D eigenvalue weighted by molar-refractivity contribution is 0.319. The van der Waals surface area contributed by atoms with Crippen molar-refractivity contribution in [3.63, 3.8) is 0 Å². The summed E-state index contributed by atoms with van der Waals surface area (Å²) in [5, 5.41) is 3.40. The standard InChI is InChI=1S/C14H22N2O2S/c1-2-16(12-13-8-6-7-11-15-13)19(17,18)14-9-4-3-5-10-14/h3-5,9-10,13,15H,2,6-8,11-12H2,1H3. The number of rotatable bonds is 5. The Hall–Kier alpha value is -0.910. The van der Waals surface area contributed by atoms with Crippen LogP contribution in [-0.4, -0.2) is 38.4 Å². The summed E-state index contributed by atoms with van der Waals surface area (Å²) in [6.45, 7) is 3.96. The summed E-state index contributed by atoms with van der Waals surface area (Å²) in [6, 6.07) is 8.96. The van der Waals surface area contributed by atoms with E-state index in [-0.39, 0.29) is 6.04 Å². The topological polar surface area (TPSA) is 49.4 Å². The molecule has 1 atom stereocenters. The van der Waals surface area contributed by atoms with Crippen molar-refractivity contribution < 1.29 is 8.42 Å². The van der Waals surface area contributed by atoms with Crippen LogP contribution in [-0.2, 0) is 10.0 Å². The summed E-state index contributed by atoms with van der Waals surface area (Å²) in [4.78, 5) is 0.382. The first-order valence-corrected chi connectivity index (χ1v) is 8.37. The van der Waals surface area contributed by atoms with Crippen LogP contribution in [0.4, 0.5) is 0 Å². The van der Waals surface area contributed by atoms with E-state index in [4.69, 9.17) is 0 Å². The molecule has 4 nitrogen and oxygen atoms in total. The van der Waals surface area contributed by atoms with E-state index in [0.29, 0.717) is 18.0 Å². The van der Waals surface area contributed by atoms with Gasteiger partial charge in [-0.15, -0.1) is 0 Å². The lowest BCUT2D eigenvalue weighted by Gasteiger charge is -2.29. The zero-order valence-corrected chi connectivity index (χ0v) is 12.2. The SMILES string of the molecule is CCN(CC1CCCCN1)S(=O)(=O)c1ccccc1. The molecular formula is C14H22N2O2S. The number of nitrogens with zero attached hydrogens (tertiary/aromatic N) is 1. The predicted molar refractivity (Wildman–Crippen MR) is 76.5 cm³/mol. The zero-order valence-electron chi connectivity index (χ0n) is 11.4. The van der Waals surface area contributed by atoms with E-state index in [1.165, 1.54) is 12.8 Å². The van der Waals surface area contributed by atoms with E-state index >= 15 is 0 Å². The first kappa shape index (κ1) is 14.5. The van der Waals surface area contributed by atoms with Crippen LogP contribution in [0.25, 0.3) is 0 Å². The van der Waals surface area contributed by atoms with Crippen molar-refractivity contribution in [3.8, 4) is 0 Å². The smallest absolute Gasteiger partial charge is 0.243 e. The highest BCUT2D eigenvalue weighted by Gasteiger charge is 2.26. The van der Waals surface area contributed by atoms with E-state index < -0.39 is 10.0 Å². The summed E-state index contributed by atoms with van der Waals surface area (Å²) < 4.78 is 26.6. The Bertz CT molecular complexity index is 481. The first-order valence-electron chi connectivity index (χ1n) is 6.93. The van der Waals surface area contributed by atoms with Gasteiger partial charge in [-0.25, -0.2) is 8.42 Å². The number of piperidine rings is 1. The van der Waals surface area contributed by atoms with Gasteiger partial charge in [-0.05, 0) is 31.5 Å². The second kappa shape index (κ2) is 6.50. The molecule has 1 saturated heterocycles. The van der Waals surface area contributed by atoms with Crippen molar-refractivity contribution in [2.24, 2.45) is 0 Å². The number of benzene rings is 1. The van der Waals surface area contributed by atoms with Gasteiger partial charge in [0.15, 0.2) is 0 Å². The van der Waals surface area contributed by atoms with E-state index in [1.807, 2.05) is 13.0 Å². The molecule has 1 aliphatic heterocycles. The molecule has 0 radical (unpaired) electrons. The zero-order chi connectivity index (χ0) is 13.7. The molecule has 0 spiro atoms. The maximum atomic E-state index is 12.5. The average Bonchev–Trinajstić information content (AvgIpc) is 2.46. The van der Waals surface area contributed by atoms with Gasteiger partial charge in [0.25, 0.3) is 0 Å². The van der Waals surface area contributed by atoms with Crippen molar-refractivity contribution in [2.45, 2.75) is 37.1 Å². The van der Waals surface area contributed by atoms with Crippen molar-refractivity contribution in [1.82, 2.24) is 9.62 Å². The monoisotopic (exact) mass is 282 g/mol. The van der Waals surface area contributed by atoms with Gasteiger partial charge in [0.1, 0.15) is 0 Å². The van der Waals surface area contributed by atoms with Gasteiger partial charge in [0, 0.05) is 19.1 Å². The normalized spacial score (nSPS) is 20.6. The average molecular weight is 282 g/mol. The number of nitrogens with one attached hydrogen (secondary N) is 1. The van der Waals surface area contributed by atoms with Crippen molar-refractivity contribution >= 4 is 10.0 Å². The van der Waals surface area contributed by atoms with Crippen molar-refractivity contribution in [3.05, 3.63) is 30.3 Å². The molecule has 2 rings (SSSR count). The van der Waals surface area contributed by atoms with E-state index in [9.17, 15) is 8.42 Å². The Balaban J connectivity index is 2.12. The van der Waals surface area contributed by atoms with Crippen LogP contribution < -0.4 is 5.32 Å². The van der Waals surface area contributed by atoms with Crippen LogP contribution in [0.3, 0.4) is 0 Å². The van der Waals surface area contributed by atoms with Gasteiger partial charge < -0.3 is 5.32 Å². The molecule has 1 unspecified atom stereocenters. The number of hydrogen-bond donors (Lipinski definition) is 1. The molecule has 106 valence electrons. The van der Waals surface area contributed by atoms with Gasteiger partial charge in [-0.1, -0.05) is 31.5 Å². The van der Waals surface area contributed by atoms with Crippen LogP contribution in [0, 0.1) is 0 Å². The Kier molecular flexibility index (Phi) is 4.96. The molecule has 1 aliphatic rings. The van der Waals surface area contributed by atoms with Gasteiger partial charge >= 0.3 is 0 Å². The molecule has 5 heteroatoms. The molecule has 1 N–H and O–H groups in total. The summed E-state index contributed by atoms with van der Waals surface area (Å²) in [5.41, 5.74) is 0. The number of hydrogen-bond acceptors (Lipinski definition) is 3. The molecule has 0 amide bonds. The molecule has 0 aliphatic carbocycles. The van der Waals surface area contributed by atoms with E-state index in [0.717, 1.165) is 13.0 Å². The minimum Gasteiger partial charge on any atom is -0.313 e. The quantitative estimate of drug-likeness (QED) is 0.896. The van der Waals surface area contributed by atoms with E-state index in [2.05, 4.69) is 5.32 Å². The molecule has 1 aromatic rings. The number of sulfonamides is 1. The summed E-state index contributed by atoms with van der Waals surface area (Å²) in [6.07, 6.45) is 3.43. The molecule has 0 aromatic heterocycles. The predicted octanol–water partition coefficient (Wildman–Crippen LogP) is 1.84. The lowest BCUT2D eigenvalue weighted by Crippen LogP contribution is -2.45. The van der Waals surface area contributed by atoms with Crippen LogP contribution in [0.1, 0.15) is 26.2 Å². The third-order valence-corrected chi connectivity index (χ3v) is 5.53. The minimum absolute atomic E-state index is 0.284. The van der Waals surface area contributed by atoms with E-state index in [1.54, 1.807) is 28.6 Å². The number of likely N-dealkylation sites (N-methyl/N-ethyl adjacent to an activating group) is 1. The Morgan fingerprint density at radius 1 is 1.26 bits per heavy atom. The molecule has 1 heterocycles. The highest BCUT2D eigenvalue weighted by molar-refractivity contribution is 7.89. The summed E-state index contributed by atoms with van der Waals surface area (Å²) in [5.74, 6) is 0. The van der Waals surface area contributed by atoms with Crippen LogP contribution >= 0.6 is 0 Å². The van der Waals surface area contributed by atoms with Gasteiger partial charge in [-0.2, -0.15) is 4.31 Å². The fourth-order valence-electron chi connectivity index (χ4n) is 2.46. The molecule has 1 fully saturated rings. The van der Waals surface area contributed by atoms with Gasteiger partial charge in [0.05, 0.1) is 4.90 Å². The minimum atomic E-state index is -3.36. The maximum absolute atomic E-state index is 12.5. The van der Waals surface area contributed by atoms with Crippen LogP contribution in [0.15, 0.2) is 35.2 Å². The van der Waals surface area contributed by atoms with Crippen molar-refractivity contribution in [1.29, 1.82) is 0 Å². The fraction of sp³-hybridized carbons (Fsp3) is 0.571. The second-order valence-corrected chi connectivity index (χ2v) is 6.85. The Morgan fingerprint density at radius 3 is 2.58 bits per heavy atom. The molecule has 19 heavy (non-hydrogen) atoms. The first-order chi connectivity index (χ1) is 9.14. The van der Waals surface area contributed by atoms with Gasteiger partial charge in [-0.3, -0.25) is 0 Å². The highest BCUT2D eigenvalue weighted by atomic mass is 32.2. The summed E-state index contributed by atoms with van der Waals surface area (Å²) >= 11 is 0. The molecular weight excluding hydrogens is 260 g/mol. The third kappa shape index (κ3) is 3.55. The fourth-order valence-corrected chi connectivity index (χ4v) is 3.98. The van der Waals surface area contributed by atoms with Crippen molar-refractivity contribution in [2.75, 3.05) is 19.6 Å². The molecule has 0 bridgehead atoms. The third-order valence-electron chi connectivity index (χ3n) is 3.57. The Labute approximate surface area is 115 Å². The van der Waals surface area contributed by atoms with Gasteiger partial charge in [0.2, 0.25) is 10.0 Å². The summed E-state index contributed by atoms with van der Waals surface area (Å²) in [7, 11) is -3.36. The highest BCUT2D eigenvalue weighted by Crippen LogP contribution is 2.17. The van der Waals surface area contributed by atoms with Crippen LogP contribution in [0.5, 0.6) is 0 Å². The largest absolute Gasteiger partial charge is 0.313 e. The lowest BCUT2D eigenvalue weighted by atomic mass is 10.1. The van der Waals surface area contributed by atoms with Crippen LogP contribution in [0.2, 0.25) is 0 Å². The Morgan fingerprint density at radius 2 is 2.00 bits per heavy atom. The second-order valence-electron chi connectivity index (χ2n) is 4.92. The molecule has 1 aromatic carbocycles. The molecule has 0 saturated carbocycles.